The van der Waals surface area contributed by atoms with E-state index >= 15 is 0 Å². The number of methoxy groups -OCH3 is 3. The molecule has 4 atom stereocenters. The van der Waals surface area contributed by atoms with Gasteiger partial charge >= 0.3 is 0 Å². The van der Waals surface area contributed by atoms with Crippen molar-refractivity contribution in [1.29, 1.82) is 0 Å². The number of ether oxygens (including phenoxy) is 4. The van der Waals surface area contributed by atoms with E-state index in [1.807, 2.05) is 0 Å². The molecule has 0 spiro atoms. The Morgan fingerprint density at radius 3 is 2.24 bits per heavy atom. The largest absolute Gasteiger partial charge is 0.493 e. The molecule has 0 unspecified atom stereocenters. The van der Waals surface area contributed by atoms with Crippen molar-refractivity contribution in [2.24, 2.45) is 17.8 Å². The highest BCUT2D eigenvalue weighted by atomic mass is 16.5. The molecule has 0 bridgehead atoms. The molecule has 3 heterocycles. The van der Waals surface area contributed by atoms with Crippen LogP contribution in [0.5, 0.6) is 23.0 Å². The Morgan fingerprint density at radius 2 is 1.53 bits per heavy atom. The number of fused-ring (bicyclic) bond motifs is 4. The van der Waals surface area contributed by atoms with E-state index in [0.29, 0.717) is 36.4 Å². The zero-order valence-corrected chi connectivity index (χ0v) is 24.1. The van der Waals surface area contributed by atoms with Crippen molar-refractivity contribution in [1.82, 2.24) is 10.2 Å². The number of hydrogen-bond donors (Lipinski definition) is 1. The molecule has 38 heavy (non-hydrogen) atoms. The molecule has 6 nitrogen and oxygen atoms in total. The normalized spacial score (nSPS) is 24.8. The first-order valence-electron chi connectivity index (χ1n) is 14.5. The molecule has 0 radical (unpaired) electrons. The predicted octanol–water partition coefficient (Wildman–Crippen LogP) is 5.97. The Hall–Kier alpha value is -2.44. The summed E-state index contributed by atoms with van der Waals surface area (Å²) in [5, 5.41) is 3.87. The van der Waals surface area contributed by atoms with Crippen LogP contribution in [0.25, 0.3) is 0 Å². The third-order valence-electron chi connectivity index (χ3n) is 9.00. The molecule has 1 saturated heterocycles. The first kappa shape index (κ1) is 27.1. The summed E-state index contributed by atoms with van der Waals surface area (Å²) >= 11 is 0. The molecular formula is C32H46N2O4. The van der Waals surface area contributed by atoms with Crippen LogP contribution in [0.1, 0.15) is 74.4 Å². The molecule has 1 N–H and O–H groups in total. The van der Waals surface area contributed by atoms with Gasteiger partial charge in [0, 0.05) is 25.2 Å². The van der Waals surface area contributed by atoms with Crippen LogP contribution in [0.2, 0.25) is 0 Å². The van der Waals surface area contributed by atoms with Gasteiger partial charge in [-0.05, 0) is 96.5 Å². The molecule has 5 rings (SSSR count). The maximum Gasteiger partial charge on any atom is 0.161 e. The van der Waals surface area contributed by atoms with E-state index < -0.39 is 0 Å². The molecular weight excluding hydrogens is 476 g/mol. The summed E-state index contributed by atoms with van der Waals surface area (Å²) in [6, 6.07) is 9.70. The standard InChI is InChI=1S/C32H46N2O4/c1-7-21-18-34-11-9-23-14-29(35-4)30(36-5)17-26(23)28(34)13-24(21)12-27-25-16-31(37-6)32(38-19-20(2)3)15-22(25)8-10-33-27/h14-17,20-21,24,27-28,33H,7-13,18-19H2,1-6H3/t21-,24-,27+,28-/m0/s1. The lowest BCUT2D eigenvalue weighted by atomic mass is 9.72. The lowest BCUT2D eigenvalue weighted by molar-refractivity contribution is 0.0434. The van der Waals surface area contributed by atoms with Crippen LogP contribution >= 0.6 is 0 Å². The SMILES string of the molecule is CC[C@H]1CN2CCc3cc(OC)c(OC)cc3[C@@H]2C[C@@H]1C[C@H]1NCCc2cc(OCC(C)C)c(OC)cc21. The van der Waals surface area contributed by atoms with E-state index in [1.165, 1.54) is 41.6 Å². The van der Waals surface area contributed by atoms with Gasteiger partial charge in [-0.15, -0.1) is 0 Å². The zero-order chi connectivity index (χ0) is 26.8. The van der Waals surface area contributed by atoms with Gasteiger partial charge in [0.25, 0.3) is 0 Å². The van der Waals surface area contributed by atoms with Gasteiger partial charge in [-0.25, -0.2) is 0 Å². The highest BCUT2D eigenvalue weighted by molar-refractivity contribution is 5.51. The fourth-order valence-electron chi connectivity index (χ4n) is 6.95. The summed E-state index contributed by atoms with van der Waals surface area (Å²) in [5.74, 6) is 5.24. The van der Waals surface area contributed by atoms with Crippen molar-refractivity contribution in [3.8, 4) is 23.0 Å². The molecule has 1 fully saturated rings. The molecule has 0 saturated carbocycles. The maximum atomic E-state index is 6.13. The van der Waals surface area contributed by atoms with Gasteiger partial charge in [-0.1, -0.05) is 27.2 Å². The van der Waals surface area contributed by atoms with E-state index in [4.69, 9.17) is 18.9 Å². The minimum absolute atomic E-state index is 0.339. The third kappa shape index (κ3) is 5.35. The van der Waals surface area contributed by atoms with Crippen LogP contribution < -0.4 is 24.3 Å². The summed E-state index contributed by atoms with van der Waals surface area (Å²) in [5.41, 5.74) is 5.63. The van der Waals surface area contributed by atoms with Crippen LogP contribution in [-0.4, -0.2) is 52.5 Å². The number of piperidine rings is 1. The monoisotopic (exact) mass is 522 g/mol. The Balaban J connectivity index is 1.40. The van der Waals surface area contributed by atoms with E-state index in [9.17, 15) is 0 Å². The molecule has 3 aliphatic rings. The predicted molar refractivity (Wildman–Crippen MR) is 152 cm³/mol. The summed E-state index contributed by atoms with van der Waals surface area (Å²) < 4.78 is 23.2. The van der Waals surface area contributed by atoms with E-state index in [2.05, 4.69) is 55.3 Å². The molecule has 2 aromatic rings. The first-order valence-corrected chi connectivity index (χ1v) is 14.5. The van der Waals surface area contributed by atoms with Crippen molar-refractivity contribution in [2.45, 2.75) is 65.0 Å². The van der Waals surface area contributed by atoms with E-state index in [1.54, 1.807) is 21.3 Å². The van der Waals surface area contributed by atoms with Crippen LogP contribution in [0.15, 0.2) is 24.3 Å². The summed E-state index contributed by atoms with van der Waals surface area (Å²) in [6.45, 7) is 10.7. The quantitative estimate of drug-likeness (QED) is 0.438. The zero-order valence-electron chi connectivity index (χ0n) is 24.1. The number of rotatable bonds is 9. The Labute approximate surface area is 229 Å². The van der Waals surface area contributed by atoms with Crippen molar-refractivity contribution in [2.75, 3.05) is 47.6 Å². The maximum absolute atomic E-state index is 6.13. The lowest BCUT2D eigenvalue weighted by Gasteiger charge is -2.48. The van der Waals surface area contributed by atoms with Crippen LogP contribution in [0, 0.1) is 17.8 Å². The lowest BCUT2D eigenvalue weighted by Crippen LogP contribution is -2.46. The molecule has 3 aliphatic heterocycles. The molecule has 0 amide bonds. The number of hydrogen-bond acceptors (Lipinski definition) is 6. The molecule has 0 aliphatic carbocycles. The van der Waals surface area contributed by atoms with E-state index in [-0.39, 0.29) is 0 Å². The van der Waals surface area contributed by atoms with Gasteiger partial charge < -0.3 is 24.3 Å². The van der Waals surface area contributed by atoms with Gasteiger partial charge in [0.1, 0.15) is 0 Å². The number of nitrogens with one attached hydrogen (secondary N) is 1. The molecule has 208 valence electrons. The summed E-state index contributed by atoms with van der Waals surface area (Å²) in [7, 11) is 5.22. The Bertz CT molecular complexity index is 1120. The fraction of sp³-hybridized carbons (Fsp3) is 0.625. The van der Waals surface area contributed by atoms with Gasteiger partial charge in [0.2, 0.25) is 0 Å². The molecule has 0 aromatic heterocycles. The number of nitrogens with zero attached hydrogens (tertiary/aromatic N) is 1. The second kappa shape index (κ2) is 11.7. The second-order valence-electron chi connectivity index (χ2n) is 11.7. The number of benzene rings is 2. The van der Waals surface area contributed by atoms with Gasteiger partial charge in [-0.2, -0.15) is 0 Å². The minimum atomic E-state index is 0.339. The van der Waals surface area contributed by atoms with Crippen LogP contribution in [-0.2, 0) is 12.8 Å². The highest BCUT2D eigenvalue weighted by Crippen LogP contribution is 2.48. The fourth-order valence-corrected chi connectivity index (χ4v) is 6.95. The van der Waals surface area contributed by atoms with Crippen molar-refractivity contribution < 1.29 is 18.9 Å². The average molecular weight is 523 g/mol. The Kier molecular flexibility index (Phi) is 8.39. The third-order valence-corrected chi connectivity index (χ3v) is 9.00. The Morgan fingerprint density at radius 1 is 0.868 bits per heavy atom. The van der Waals surface area contributed by atoms with Crippen molar-refractivity contribution >= 4 is 0 Å². The molecule has 6 heteroatoms. The summed E-state index contributed by atoms with van der Waals surface area (Å²) in [6.07, 6.45) is 5.65. The topological polar surface area (TPSA) is 52.2 Å². The second-order valence-corrected chi connectivity index (χ2v) is 11.7. The first-order chi connectivity index (χ1) is 18.4. The smallest absolute Gasteiger partial charge is 0.161 e. The van der Waals surface area contributed by atoms with Gasteiger partial charge in [0.15, 0.2) is 23.0 Å². The summed E-state index contributed by atoms with van der Waals surface area (Å²) in [4.78, 5) is 2.72. The van der Waals surface area contributed by atoms with Gasteiger partial charge in [-0.3, -0.25) is 4.90 Å². The van der Waals surface area contributed by atoms with Crippen LogP contribution in [0.3, 0.4) is 0 Å². The van der Waals surface area contributed by atoms with Crippen molar-refractivity contribution in [3.63, 3.8) is 0 Å². The van der Waals surface area contributed by atoms with Crippen LogP contribution in [0.4, 0.5) is 0 Å². The van der Waals surface area contributed by atoms with Crippen molar-refractivity contribution in [3.05, 3.63) is 46.5 Å². The minimum Gasteiger partial charge on any atom is -0.493 e. The molecule has 2 aromatic carbocycles. The van der Waals surface area contributed by atoms with E-state index in [0.717, 1.165) is 55.4 Å². The van der Waals surface area contributed by atoms with Gasteiger partial charge in [0.05, 0.1) is 27.9 Å². The average Bonchev–Trinajstić information content (AvgIpc) is 2.94. The highest BCUT2D eigenvalue weighted by Gasteiger charge is 2.40.